The van der Waals surface area contributed by atoms with Crippen molar-refractivity contribution in [3.63, 3.8) is 0 Å². The molecule has 2 N–H and O–H groups in total. The fraction of sp³-hybridized carbons (Fsp3) is 0.571. The number of rotatable bonds is 3. The van der Waals surface area contributed by atoms with Crippen LogP contribution in [0.25, 0.3) is 0 Å². The Labute approximate surface area is 112 Å². The summed E-state index contributed by atoms with van der Waals surface area (Å²) in [7, 11) is 0. The van der Waals surface area contributed by atoms with Crippen LogP contribution >= 0.6 is 0 Å². The first-order valence-corrected chi connectivity index (χ1v) is 6.71. The summed E-state index contributed by atoms with van der Waals surface area (Å²) < 4.78 is 13.4. The number of halogens is 1. The van der Waals surface area contributed by atoms with Gasteiger partial charge in [-0.25, -0.2) is 4.39 Å². The van der Waals surface area contributed by atoms with E-state index in [0.717, 1.165) is 31.9 Å². The van der Waals surface area contributed by atoms with E-state index in [9.17, 15) is 14.3 Å². The van der Waals surface area contributed by atoms with Crippen molar-refractivity contribution in [3.8, 4) is 0 Å². The molecule has 4 nitrogen and oxygen atoms in total. The highest BCUT2D eigenvalue weighted by molar-refractivity contribution is 5.94. The summed E-state index contributed by atoms with van der Waals surface area (Å²) in [6.07, 6.45) is 7.93. The first-order valence-electron chi connectivity index (χ1n) is 6.71. The molecule has 104 valence electrons. The Bertz CT molecular complexity index is 443. The largest absolute Gasteiger partial charge is 0.388 e. The molecule has 1 aliphatic rings. The normalized spacial score (nSPS) is 18.6. The van der Waals surface area contributed by atoms with E-state index in [1.54, 1.807) is 0 Å². The summed E-state index contributed by atoms with van der Waals surface area (Å²) in [4.78, 5) is 15.4. The van der Waals surface area contributed by atoms with Gasteiger partial charge in [0.05, 0.1) is 17.4 Å². The average molecular weight is 266 g/mol. The lowest BCUT2D eigenvalue weighted by Gasteiger charge is -2.26. The molecule has 0 spiro atoms. The van der Waals surface area contributed by atoms with Gasteiger partial charge in [0.25, 0.3) is 5.91 Å². The van der Waals surface area contributed by atoms with Gasteiger partial charge in [0, 0.05) is 12.7 Å². The minimum atomic E-state index is -0.852. The number of carbonyl (C=O) groups is 1. The predicted molar refractivity (Wildman–Crippen MR) is 69.2 cm³/mol. The van der Waals surface area contributed by atoms with Crippen molar-refractivity contribution in [2.45, 2.75) is 44.1 Å². The Balaban J connectivity index is 1.94. The number of aromatic nitrogens is 1. The molecule has 0 atom stereocenters. The van der Waals surface area contributed by atoms with Gasteiger partial charge in [-0.15, -0.1) is 0 Å². The van der Waals surface area contributed by atoms with Crippen LogP contribution in [0.3, 0.4) is 0 Å². The van der Waals surface area contributed by atoms with E-state index in [4.69, 9.17) is 0 Å². The van der Waals surface area contributed by atoms with Gasteiger partial charge in [-0.1, -0.05) is 25.7 Å². The molecule has 5 heteroatoms. The van der Waals surface area contributed by atoms with E-state index in [0.29, 0.717) is 12.8 Å². The van der Waals surface area contributed by atoms with Crippen LogP contribution in [0.15, 0.2) is 18.5 Å². The lowest BCUT2D eigenvalue weighted by Crippen LogP contribution is -2.42. The van der Waals surface area contributed by atoms with Crippen LogP contribution < -0.4 is 5.32 Å². The van der Waals surface area contributed by atoms with Crippen LogP contribution in [-0.2, 0) is 0 Å². The van der Waals surface area contributed by atoms with E-state index >= 15 is 0 Å². The topological polar surface area (TPSA) is 62.2 Å². The van der Waals surface area contributed by atoms with E-state index in [2.05, 4.69) is 10.3 Å². The zero-order valence-corrected chi connectivity index (χ0v) is 10.9. The molecular weight excluding hydrogens is 247 g/mol. The molecule has 2 rings (SSSR count). The second-order valence-corrected chi connectivity index (χ2v) is 5.18. The highest BCUT2D eigenvalue weighted by Gasteiger charge is 2.28. The van der Waals surface area contributed by atoms with Crippen LogP contribution in [0.4, 0.5) is 4.39 Å². The van der Waals surface area contributed by atoms with Gasteiger partial charge in [0.15, 0.2) is 5.82 Å². The van der Waals surface area contributed by atoms with Crippen molar-refractivity contribution in [2.24, 2.45) is 0 Å². The lowest BCUT2D eigenvalue weighted by molar-refractivity contribution is 0.0246. The molecule has 0 unspecified atom stereocenters. The van der Waals surface area contributed by atoms with Gasteiger partial charge in [-0.2, -0.15) is 0 Å². The molecule has 1 saturated carbocycles. The predicted octanol–water partition coefficient (Wildman–Crippen LogP) is 2.04. The van der Waals surface area contributed by atoms with Gasteiger partial charge in [-0.05, 0) is 18.9 Å². The Kier molecular flexibility index (Phi) is 4.47. The Morgan fingerprint density at radius 2 is 2.05 bits per heavy atom. The molecule has 1 aliphatic carbocycles. The number of nitrogens with one attached hydrogen (secondary N) is 1. The molecule has 1 heterocycles. The number of nitrogens with zero attached hydrogens (tertiary/aromatic N) is 1. The van der Waals surface area contributed by atoms with Crippen molar-refractivity contribution in [1.29, 1.82) is 0 Å². The fourth-order valence-corrected chi connectivity index (χ4v) is 2.46. The SMILES string of the molecule is O=C(NCC1(O)CCCCCC1)c1ccncc1F. The van der Waals surface area contributed by atoms with Crippen LogP contribution in [0.5, 0.6) is 0 Å². The highest BCUT2D eigenvalue weighted by atomic mass is 19.1. The maximum Gasteiger partial charge on any atom is 0.254 e. The maximum atomic E-state index is 13.4. The zero-order chi connectivity index (χ0) is 13.7. The van der Waals surface area contributed by atoms with Crippen molar-refractivity contribution >= 4 is 5.91 Å². The van der Waals surface area contributed by atoms with Gasteiger partial charge >= 0.3 is 0 Å². The molecule has 1 aromatic heterocycles. The monoisotopic (exact) mass is 266 g/mol. The molecule has 1 aromatic rings. The van der Waals surface area contributed by atoms with Gasteiger partial charge < -0.3 is 10.4 Å². The second kappa shape index (κ2) is 6.10. The molecule has 0 bridgehead atoms. The number of hydrogen-bond donors (Lipinski definition) is 2. The third-order valence-electron chi connectivity index (χ3n) is 3.63. The van der Waals surface area contributed by atoms with Crippen LogP contribution in [0, 0.1) is 5.82 Å². The standard InChI is InChI=1S/C14H19FN2O2/c15-12-9-16-8-5-11(12)13(18)17-10-14(19)6-3-1-2-4-7-14/h5,8-9,19H,1-4,6-7,10H2,(H,17,18). The molecular formula is C14H19FN2O2. The summed E-state index contributed by atoms with van der Waals surface area (Å²) >= 11 is 0. The van der Waals surface area contributed by atoms with Gasteiger partial charge in [0.2, 0.25) is 0 Å². The molecule has 19 heavy (non-hydrogen) atoms. The number of aliphatic hydroxyl groups is 1. The summed E-state index contributed by atoms with van der Waals surface area (Å²) in [6.45, 7) is 0.174. The zero-order valence-electron chi connectivity index (χ0n) is 10.9. The average Bonchev–Trinajstić information content (AvgIpc) is 2.62. The molecule has 1 amide bonds. The first kappa shape index (κ1) is 13.9. The third kappa shape index (κ3) is 3.73. The van der Waals surface area contributed by atoms with Crippen molar-refractivity contribution in [3.05, 3.63) is 29.8 Å². The van der Waals surface area contributed by atoms with Gasteiger partial charge in [0.1, 0.15) is 0 Å². The smallest absolute Gasteiger partial charge is 0.254 e. The summed E-state index contributed by atoms with van der Waals surface area (Å²) in [6, 6.07) is 1.34. The Morgan fingerprint density at radius 1 is 1.37 bits per heavy atom. The first-order chi connectivity index (χ1) is 9.11. The van der Waals surface area contributed by atoms with Crippen LogP contribution in [0.1, 0.15) is 48.9 Å². The van der Waals surface area contributed by atoms with E-state index in [1.165, 1.54) is 12.3 Å². The molecule has 0 aromatic carbocycles. The molecule has 0 radical (unpaired) electrons. The van der Waals surface area contributed by atoms with Crippen molar-refractivity contribution < 1.29 is 14.3 Å². The highest BCUT2D eigenvalue weighted by Crippen LogP contribution is 2.26. The Hall–Kier alpha value is -1.49. The van der Waals surface area contributed by atoms with Crippen molar-refractivity contribution in [2.75, 3.05) is 6.54 Å². The summed E-state index contributed by atoms with van der Waals surface area (Å²) in [5.74, 6) is -1.15. The van der Waals surface area contributed by atoms with Crippen LogP contribution in [0.2, 0.25) is 0 Å². The maximum absolute atomic E-state index is 13.4. The Morgan fingerprint density at radius 3 is 2.68 bits per heavy atom. The molecule has 0 saturated heterocycles. The van der Waals surface area contributed by atoms with E-state index in [-0.39, 0.29) is 12.1 Å². The minimum absolute atomic E-state index is 0.0350. The van der Waals surface area contributed by atoms with E-state index in [1.807, 2.05) is 0 Å². The minimum Gasteiger partial charge on any atom is -0.388 e. The quantitative estimate of drug-likeness (QED) is 0.823. The number of carbonyl (C=O) groups excluding carboxylic acids is 1. The summed E-state index contributed by atoms with van der Waals surface area (Å²) in [5.41, 5.74) is -0.887. The fourth-order valence-electron chi connectivity index (χ4n) is 2.46. The number of amides is 1. The molecule has 1 fully saturated rings. The van der Waals surface area contributed by atoms with Gasteiger partial charge in [-0.3, -0.25) is 9.78 Å². The number of pyridine rings is 1. The third-order valence-corrected chi connectivity index (χ3v) is 3.63. The second-order valence-electron chi connectivity index (χ2n) is 5.18. The van der Waals surface area contributed by atoms with E-state index < -0.39 is 17.3 Å². The van der Waals surface area contributed by atoms with Crippen LogP contribution in [-0.4, -0.2) is 28.1 Å². The number of hydrogen-bond acceptors (Lipinski definition) is 3. The lowest BCUT2D eigenvalue weighted by atomic mass is 9.94. The summed E-state index contributed by atoms with van der Waals surface area (Å²) in [5, 5.41) is 13.0. The van der Waals surface area contributed by atoms with Crippen molar-refractivity contribution in [1.82, 2.24) is 10.3 Å². The molecule has 0 aliphatic heterocycles.